The molecular formula is C22H31N3O3S. The molecule has 1 aromatic rings. The summed E-state index contributed by atoms with van der Waals surface area (Å²) in [7, 11) is 0. The largest absolute Gasteiger partial charge is 0.381 e. The topological polar surface area (TPSA) is 70.7 Å². The number of nitrogens with one attached hydrogen (secondary N) is 2. The fraction of sp³-hybridized carbons (Fsp3) is 0.636. The smallest absolute Gasteiger partial charge is 0.250 e. The van der Waals surface area contributed by atoms with Crippen molar-refractivity contribution >= 4 is 29.3 Å². The molecule has 1 aromatic carbocycles. The fourth-order valence-corrected chi connectivity index (χ4v) is 5.66. The maximum Gasteiger partial charge on any atom is 0.250 e. The molecule has 3 aliphatic rings. The summed E-state index contributed by atoms with van der Waals surface area (Å²) in [5, 5.41) is 6.05. The van der Waals surface area contributed by atoms with E-state index in [1.54, 1.807) is 6.92 Å². The van der Waals surface area contributed by atoms with Crippen LogP contribution < -0.4 is 10.6 Å². The Morgan fingerprint density at radius 3 is 2.69 bits per heavy atom. The van der Waals surface area contributed by atoms with Gasteiger partial charge in [-0.1, -0.05) is 30.3 Å². The first kappa shape index (κ1) is 20.7. The number of fused-ring (bicyclic) bond motifs is 1. The number of para-hydroxylation sites is 1. The van der Waals surface area contributed by atoms with Crippen LogP contribution in [0, 0.1) is 5.41 Å². The Bertz CT molecular complexity index is 759. The first-order valence-corrected chi connectivity index (χ1v) is 11.5. The monoisotopic (exact) mass is 417 g/mol. The minimum absolute atomic E-state index is 0.0231. The van der Waals surface area contributed by atoms with Gasteiger partial charge in [0.1, 0.15) is 0 Å². The third-order valence-electron chi connectivity index (χ3n) is 6.50. The molecule has 29 heavy (non-hydrogen) atoms. The molecule has 7 heteroatoms. The number of ether oxygens (including phenoxy) is 1. The van der Waals surface area contributed by atoms with Crippen molar-refractivity contribution < 1.29 is 14.3 Å². The van der Waals surface area contributed by atoms with Gasteiger partial charge >= 0.3 is 0 Å². The summed E-state index contributed by atoms with van der Waals surface area (Å²) in [6, 6.07) is 7.63. The maximum atomic E-state index is 13.2. The van der Waals surface area contributed by atoms with Crippen molar-refractivity contribution in [3.05, 3.63) is 24.3 Å². The number of anilines is 1. The number of rotatable bonds is 5. The van der Waals surface area contributed by atoms with Gasteiger partial charge in [-0.2, -0.15) is 0 Å². The number of benzene rings is 1. The number of carbonyl (C=O) groups is 2. The van der Waals surface area contributed by atoms with E-state index >= 15 is 0 Å². The molecule has 2 saturated heterocycles. The number of hydrogen-bond donors (Lipinski definition) is 2. The van der Waals surface area contributed by atoms with Crippen LogP contribution in [0.25, 0.3) is 0 Å². The Labute approximate surface area is 177 Å². The van der Waals surface area contributed by atoms with Gasteiger partial charge in [-0.25, -0.2) is 0 Å². The zero-order valence-electron chi connectivity index (χ0n) is 17.2. The molecule has 6 nitrogen and oxygen atoms in total. The Kier molecular flexibility index (Phi) is 6.18. The van der Waals surface area contributed by atoms with Gasteiger partial charge in [-0.05, 0) is 57.8 Å². The van der Waals surface area contributed by atoms with Crippen molar-refractivity contribution in [2.75, 3.05) is 44.7 Å². The van der Waals surface area contributed by atoms with E-state index in [1.807, 2.05) is 24.3 Å². The molecule has 4 rings (SSSR count). The van der Waals surface area contributed by atoms with Gasteiger partial charge in [0.25, 0.3) is 0 Å². The molecule has 0 saturated carbocycles. The average molecular weight is 418 g/mol. The van der Waals surface area contributed by atoms with E-state index in [-0.39, 0.29) is 17.2 Å². The van der Waals surface area contributed by atoms with E-state index in [0.29, 0.717) is 6.54 Å². The van der Waals surface area contributed by atoms with Gasteiger partial charge in [0, 0.05) is 36.6 Å². The Balaban J connectivity index is 1.44. The highest BCUT2D eigenvalue weighted by Crippen LogP contribution is 2.42. The van der Waals surface area contributed by atoms with E-state index in [4.69, 9.17) is 4.74 Å². The SMILES string of the molecule is CC1(C(=O)NCC2(CN3CCCCC3)CCOCC2)Sc2ccccc2NC1=O. The molecule has 3 heterocycles. The highest BCUT2D eigenvalue weighted by atomic mass is 32.2. The van der Waals surface area contributed by atoms with Crippen molar-refractivity contribution in [2.45, 2.75) is 48.7 Å². The van der Waals surface area contributed by atoms with Crippen LogP contribution in [0.4, 0.5) is 5.69 Å². The van der Waals surface area contributed by atoms with Crippen molar-refractivity contribution in [3.63, 3.8) is 0 Å². The molecule has 0 radical (unpaired) electrons. The molecule has 3 aliphatic heterocycles. The van der Waals surface area contributed by atoms with Gasteiger partial charge in [0.15, 0.2) is 4.75 Å². The predicted octanol–water partition coefficient (Wildman–Crippen LogP) is 2.89. The minimum Gasteiger partial charge on any atom is -0.381 e. The van der Waals surface area contributed by atoms with E-state index < -0.39 is 4.75 Å². The summed E-state index contributed by atoms with van der Waals surface area (Å²) in [6.07, 6.45) is 5.72. The second-order valence-electron chi connectivity index (χ2n) is 8.72. The first-order chi connectivity index (χ1) is 14.0. The number of amides is 2. The Morgan fingerprint density at radius 2 is 1.93 bits per heavy atom. The third-order valence-corrected chi connectivity index (χ3v) is 7.86. The molecule has 1 unspecified atom stereocenters. The quantitative estimate of drug-likeness (QED) is 0.721. The van der Waals surface area contributed by atoms with E-state index in [9.17, 15) is 9.59 Å². The Hall–Kier alpha value is -1.57. The standard InChI is InChI=1S/C22H31N3O3S/c1-21(20(27)24-17-7-3-4-8-18(17)29-21)19(26)23-15-22(9-13-28-14-10-22)16-25-11-5-2-6-12-25/h3-4,7-8H,2,5-6,9-16H2,1H3,(H,23,26)(H,24,27). The molecule has 1 atom stereocenters. The lowest BCUT2D eigenvalue weighted by Gasteiger charge is -2.43. The van der Waals surface area contributed by atoms with E-state index in [2.05, 4.69) is 15.5 Å². The molecule has 0 aliphatic carbocycles. The van der Waals surface area contributed by atoms with Gasteiger partial charge in [-0.15, -0.1) is 0 Å². The van der Waals surface area contributed by atoms with Crippen molar-refractivity contribution in [1.82, 2.24) is 10.2 Å². The van der Waals surface area contributed by atoms with Gasteiger partial charge in [0.2, 0.25) is 11.8 Å². The van der Waals surface area contributed by atoms with Crippen LogP contribution >= 0.6 is 11.8 Å². The summed E-state index contributed by atoms with van der Waals surface area (Å²) in [5.74, 6) is -0.463. The van der Waals surface area contributed by atoms with Crippen LogP contribution in [-0.2, 0) is 14.3 Å². The molecule has 0 spiro atoms. The first-order valence-electron chi connectivity index (χ1n) is 10.7. The summed E-state index contributed by atoms with van der Waals surface area (Å²) < 4.78 is 4.45. The van der Waals surface area contributed by atoms with Gasteiger partial charge < -0.3 is 20.3 Å². The normalized spacial score (nSPS) is 27.0. The van der Waals surface area contributed by atoms with Crippen LogP contribution in [0.2, 0.25) is 0 Å². The van der Waals surface area contributed by atoms with Gasteiger partial charge in [-0.3, -0.25) is 9.59 Å². The zero-order chi connectivity index (χ0) is 20.3. The number of nitrogens with zero attached hydrogens (tertiary/aromatic N) is 1. The number of likely N-dealkylation sites (tertiary alicyclic amines) is 1. The molecule has 0 aromatic heterocycles. The van der Waals surface area contributed by atoms with Crippen molar-refractivity contribution in [1.29, 1.82) is 0 Å². The second kappa shape index (κ2) is 8.66. The highest BCUT2D eigenvalue weighted by Gasteiger charge is 2.46. The number of piperidine rings is 1. The lowest BCUT2D eigenvalue weighted by molar-refractivity contribution is -0.130. The second-order valence-corrected chi connectivity index (χ2v) is 10.2. The summed E-state index contributed by atoms with van der Waals surface area (Å²) in [5.41, 5.74) is 0.800. The molecule has 0 bridgehead atoms. The van der Waals surface area contributed by atoms with E-state index in [1.165, 1.54) is 31.0 Å². The van der Waals surface area contributed by atoms with Crippen molar-refractivity contribution in [3.8, 4) is 0 Å². The lowest BCUT2D eigenvalue weighted by atomic mass is 9.79. The van der Waals surface area contributed by atoms with E-state index in [0.717, 1.165) is 56.3 Å². The molecule has 158 valence electrons. The molecular weight excluding hydrogens is 386 g/mol. The van der Waals surface area contributed by atoms with Crippen LogP contribution in [0.3, 0.4) is 0 Å². The number of carbonyl (C=O) groups excluding carboxylic acids is 2. The zero-order valence-corrected chi connectivity index (χ0v) is 18.0. The lowest BCUT2D eigenvalue weighted by Crippen LogP contribution is -2.56. The van der Waals surface area contributed by atoms with Crippen molar-refractivity contribution in [2.24, 2.45) is 5.41 Å². The predicted molar refractivity (Wildman–Crippen MR) is 115 cm³/mol. The van der Waals surface area contributed by atoms with Crippen LogP contribution in [0.1, 0.15) is 39.0 Å². The highest BCUT2D eigenvalue weighted by molar-refractivity contribution is 8.02. The number of hydrogen-bond acceptors (Lipinski definition) is 5. The average Bonchev–Trinajstić information content (AvgIpc) is 2.74. The summed E-state index contributed by atoms with van der Waals surface area (Å²) in [4.78, 5) is 29.4. The molecule has 2 N–H and O–H groups in total. The Morgan fingerprint density at radius 1 is 1.21 bits per heavy atom. The minimum atomic E-state index is -1.16. The van der Waals surface area contributed by atoms with Crippen LogP contribution in [0.15, 0.2) is 29.2 Å². The van der Waals surface area contributed by atoms with Gasteiger partial charge in [0.05, 0.1) is 5.69 Å². The summed E-state index contributed by atoms with van der Waals surface area (Å²) in [6.45, 7) is 7.08. The number of thioether (sulfide) groups is 1. The van der Waals surface area contributed by atoms with Crippen LogP contribution in [-0.4, -0.2) is 60.9 Å². The van der Waals surface area contributed by atoms with Crippen LogP contribution in [0.5, 0.6) is 0 Å². The maximum absolute atomic E-state index is 13.2. The molecule has 2 amide bonds. The molecule has 2 fully saturated rings. The fourth-order valence-electron chi connectivity index (χ4n) is 4.54. The third kappa shape index (κ3) is 4.47. The summed E-state index contributed by atoms with van der Waals surface area (Å²) >= 11 is 1.34.